The predicted octanol–water partition coefficient (Wildman–Crippen LogP) is 2.91. The Hall–Kier alpha value is -1.30. The highest BCUT2D eigenvalue weighted by Gasteiger charge is 2.15. The molecule has 0 atom stereocenters. The quantitative estimate of drug-likeness (QED) is 0.769. The number of aromatic nitrogens is 2. The summed E-state index contributed by atoms with van der Waals surface area (Å²) in [6, 6.07) is 6.30. The van der Waals surface area contributed by atoms with E-state index in [1.54, 1.807) is 7.11 Å². The highest BCUT2D eigenvalue weighted by molar-refractivity contribution is 6.29. The van der Waals surface area contributed by atoms with Crippen molar-refractivity contribution in [3.05, 3.63) is 23.5 Å². The SMILES string of the molecule is COCCOCn1c(Cl)nc2ccc(N3CCCC3)cc21. The van der Waals surface area contributed by atoms with E-state index in [-0.39, 0.29) is 0 Å². The number of anilines is 1. The van der Waals surface area contributed by atoms with Crippen molar-refractivity contribution in [3.63, 3.8) is 0 Å². The largest absolute Gasteiger partial charge is 0.382 e. The Morgan fingerprint density at radius 2 is 2.05 bits per heavy atom. The van der Waals surface area contributed by atoms with Gasteiger partial charge < -0.3 is 14.4 Å². The maximum absolute atomic E-state index is 6.22. The first-order valence-electron chi connectivity index (χ1n) is 7.27. The van der Waals surface area contributed by atoms with Crippen molar-refractivity contribution >= 4 is 28.3 Å². The van der Waals surface area contributed by atoms with E-state index in [0.717, 1.165) is 24.1 Å². The molecule has 6 heteroatoms. The smallest absolute Gasteiger partial charge is 0.205 e. The van der Waals surface area contributed by atoms with Crippen molar-refractivity contribution in [2.75, 3.05) is 38.3 Å². The average Bonchev–Trinajstić information content (AvgIpc) is 3.11. The molecule has 0 saturated carbocycles. The van der Waals surface area contributed by atoms with Gasteiger partial charge in [-0.1, -0.05) is 0 Å². The zero-order valence-corrected chi connectivity index (χ0v) is 13.0. The molecule has 3 rings (SSSR count). The third-order valence-electron chi connectivity index (χ3n) is 3.81. The topological polar surface area (TPSA) is 39.5 Å². The number of hydrogen-bond acceptors (Lipinski definition) is 4. The molecular weight excluding hydrogens is 290 g/mol. The number of benzene rings is 1. The summed E-state index contributed by atoms with van der Waals surface area (Å²) in [5.74, 6) is 0. The molecule has 0 amide bonds. The second-order valence-corrected chi connectivity index (χ2v) is 5.54. The summed E-state index contributed by atoms with van der Waals surface area (Å²) >= 11 is 6.22. The number of methoxy groups -OCH3 is 1. The number of hydrogen-bond donors (Lipinski definition) is 0. The van der Waals surface area contributed by atoms with Crippen molar-refractivity contribution in [1.82, 2.24) is 9.55 Å². The fraction of sp³-hybridized carbons (Fsp3) is 0.533. The summed E-state index contributed by atoms with van der Waals surface area (Å²) in [6.07, 6.45) is 2.52. The van der Waals surface area contributed by atoms with Crippen molar-refractivity contribution in [2.24, 2.45) is 0 Å². The molecule has 5 nitrogen and oxygen atoms in total. The minimum absolute atomic E-state index is 0.391. The van der Waals surface area contributed by atoms with E-state index in [4.69, 9.17) is 21.1 Å². The first-order valence-corrected chi connectivity index (χ1v) is 7.65. The normalized spacial score (nSPS) is 15.2. The second kappa shape index (κ2) is 6.64. The first kappa shape index (κ1) is 14.6. The number of ether oxygens (including phenoxy) is 2. The lowest BCUT2D eigenvalue weighted by molar-refractivity contribution is 0.0359. The number of fused-ring (bicyclic) bond motifs is 1. The number of imidazole rings is 1. The van der Waals surface area contributed by atoms with Crippen LogP contribution in [0.1, 0.15) is 12.8 Å². The van der Waals surface area contributed by atoms with Crippen LogP contribution in [0.25, 0.3) is 11.0 Å². The van der Waals surface area contributed by atoms with Crippen molar-refractivity contribution < 1.29 is 9.47 Å². The van der Waals surface area contributed by atoms with Gasteiger partial charge in [-0.3, -0.25) is 4.57 Å². The van der Waals surface area contributed by atoms with Crippen molar-refractivity contribution in [1.29, 1.82) is 0 Å². The van der Waals surface area contributed by atoms with E-state index in [9.17, 15) is 0 Å². The van der Waals surface area contributed by atoms with Gasteiger partial charge in [0.1, 0.15) is 6.73 Å². The van der Waals surface area contributed by atoms with E-state index < -0.39 is 0 Å². The molecule has 0 bridgehead atoms. The van der Waals surface area contributed by atoms with Gasteiger partial charge in [-0.05, 0) is 42.6 Å². The van der Waals surface area contributed by atoms with Crippen LogP contribution in [0.15, 0.2) is 18.2 Å². The van der Waals surface area contributed by atoms with Crippen LogP contribution in [0.3, 0.4) is 0 Å². The fourth-order valence-electron chi connectivity index (χ4n) is 2.67. The molecule has 1 aromatic carbocycles. The molecule has 1 aliphatic rings. The van der Waals surface area contributed by atoms with Gasteiger partial charge in [0.05, 0.1) is 24.2 Å². The minimum atomic E-state index is 0.391. The molecule has 1 saturated heterocycles. The Labute approximate surface area is 129 Å². The van der Waals surface area contributed by atoms with E-state index in [1.807, 2.05) is 10.6 Å². The van der Waals surface area contributed by atoms with E-state index in [0.29, 0.717) is 25.2 Å². The highest BCUT2D eigenvalue weighted by Crippen LogP contribution is 2.27. The molecular formula is C15H20ClN3O2. The van der Waals surface area contributed by atoms with Crippen molar-refractivity contribution in [2.45, 2.75) is 19.6 Å². The lowest BCUT2D eigenvalue weighted by atomic mass is 10.2. The third kappa shape index (κ3) is 3.15. The van der Waals surface area contributed by atoms with Gasteiger partial charge in [-0.2, -0.15) is 0 Å². The Bertz CT molecular complexity index is 608. The van der Waals surface area contributed by atoms with E-state index in [1.165, 1.54) is 18.5 Å². The Balaban J connectivity index is 1.83. The summed E-state index contributed by atoms with van der Waals surface area (Å²) in [5, 5.41) is 0.459. The molecule has 1 aromatic heterocycles. The molecule has 2 heterocycles. The lowest BCUT2D eigenvalue weighted by Gasteiger charge is -2.17. The Morgan fingerprint density at radius 3 is 2.81 bits per heavy atom. The maximum atomic E-state index is 6.22. The van der Waals surface area contributed by atoms with Crippen LogP contribution in [0.4, 0.5) is 5.69 Å². The zero-order chi connectivity index (χ0) is 14.7. The molecule has 2 aromatic rings. The van der Waals surface area contributed by atoms with Crippen LogP contribution < -0.4 is 4.90 Å². The van der Waals surface area contributed by atoms with Crippen LogP contribution in [0.2, 0.25) is 5.28 Å². The van der Waals surface area contributed by atoms with E-state index >= 15 is 0 Å². The number of rotatable bonds is 6. The molecule has 0 unspecified atom stereocenters. The lowest BCUT2D eigenvalue weighted by Crippen LogP contribution is -2.17. The van der Waals surface area contributed by atoms with Gasteiger partial charge in [0.2, 0.25) is 5.28 Å². The van der Waals surface area contributed by atoms with Gasteiger partial charge in [-0.25, -0.2) is 4.98 Å². The molecule has 1 aliphatic heterocycles. The highest BCUT2D eigenvalue weighted by atomic mass is 35.5. The molecule has 0 radical (unpaired) electrons. The summed E-state index contributed by atoms with van der Waals surface area (Å²) in [7, 11) is 1.66. The van der Waals surface area contributed by atoms with Crippen LogP contribution in [-0.2, 0) is 16.2 Å². The van der Waals surface area contributed by atoms with Gasteiger partial charge in [0.25, 0.3) is 0 Å². The monoisotopic (exact) mass is 309 g/mol. The van der Waals surface area contributed by atoms with Gasteiger partial charge in [0, 0.05) is 25.9 Å². The average molecular weight is 310 g/mol. The summed E-state index contributed by atoms with van der Waals surface area (Å²) in [5.41, 5.74) is 3.15. The van der Waals surface area contributed by atoms with Crippen molar-refractivity contribution in [3.8, 4) is 0 Å². The first-order chi connectivity index (χ1) is 10.3. The minimum Gasteiger partial charge on any atom is -0.382 e. The summed E-state index contributed by atoms with van der Waals surface area (Å²) in [4.78, 5) is 6.78. The third-order valence-corrected chi connectivity index (χ3v) is 4.10. The number of halogens is 1. The van der Waals surface area contributed by atoms with Crippen LogP contribution in [-0.4, -0.2) is 43.0 Å². The number of nitrogens with zero attached hydrogens (tertiary/aromatic N) is 3. The van der Waals surface area contributed by atoms with E-state index in [2.05, 4.69) is 22.0 Å². The van der Waals surface area contributed by atoms with Crippen LogP contribution in [0, 0.1) is 0 Å². The predicted molar refractivity (Wildman–Crippen MR) is 84.0 cm³/mol. The Kier molecular flexibility index (Phi) is 4.63. The molecule has 0 aliphatic carbocycles. The molecule has 1 fully saturated rings. The summed E-state index contributed by atoms with van der Waals surface area (Å²) in [6.45, 7) is 3.75. The maximum Gasteiger partial charge on any atom is 0.205 e. The zero-order valence-electron chi connectivity index (χ0n) is 12.2. The van der Waals surface area contributed by atoms with Crippen LogP contribution in [0.5, 0.6) is 0 Å². The Morgan fingerprint density at radius 1 is 1.24 bits per heavy atom. The molecule has 21 heavy (non-hydrogen) atoms. The fourth-order valence-corrected chi connectivity index (χ4v) is 2.91. The molecule has 0 N–H and O–H groups in total. The van der Waals surface area contributed by atoms with Crippen LogP contribution >= 0.6 is 11.6 Å². The molecule has 0 spiro atoms. The summed E-state index contributed by atoms with van der Waals surface area (Å²) < 4.78 is 12.4. The van der Waals surface area contributed by atoms with Gasteiger partial charge in [-0.15, -0.1) is 0 Å². The van der Waals surface area contributed by atoms with Gasteiger partial charge >= 0.3 is 0 Å². The standard InChI is InChI=1S/C15H20ClN3O2/c1-20-8-9-21-11-19-14-10-12(18-6-2-3-7-18)4-5-13(14)17-15(19)16/h4-5,10H,2-3,6-9,11H2,1H3. The molecule has 114 valence electrons. The second-order valence-electron chi connectivity index (χ2n) is 5.21. The van der Waals surface area contributed by atoms with Gasteiger partial charge in [0.15, 0.2) is 0 Å².